The molecule has 1 aromatic carbocycles. The second-order valence-electron chi connectivity index (χ2n) is 4.94. The predicted octanol–water partition coefficient (Wildman–Crippen LogP) is 6.03. The van der Waals surface area contributed by atoms with Gasteiger partial charge in [0.1, 0.15) is 0 Å². The van der Waals surface area contributed by atoms with Crippen molar-refractivity contribution in [1.29, 1.82) is 0 Å². The molecule has 2 atom stereocenters. The van der Waals surface area contributed by atoms with Crippen molar-refractivity contribution in [1.82, 2.24) is 5.32 Å². The standard InChI is InChI=1S/C16H19Cl2NS/c1-4-13-6-8-16(20-13)11(3)19-10(2)12-5-7-14(17)15(18)9-12/h5-11,19H,4H2,1-3H3. The van der Waals surface area contributed by atoms with Gasteiger partial charge < -0.3 is 5.32 Å². The lowest BCUT2D eigenvalue weighted by Gasteiger charge is -2.20. The molecular weight excluding hydrogens is 309 g/mol. The Bertz CT molecular complexity index is 580. The maximum Gasteiger partial charge on any atom is 0.0595 e. The van der Waals surface area contributed by atoms with Crippen LogP contribution in [0.4, 0.5) is 0 Å². The fourth-order valence-electron chi connectivity index (χ4n) is 2.15. The minimum absolute atomic E-state index is 0.229. The van der Waals surface area contributed by atoms with Gasteiger partial charge in [0.25, 0.3) is 0 Å². The van der Waals surface area contributed by atoms with Crippen LogP contribution < -0.4 is 5.32 Å². The van der Waals surface area contributed by atoms with E-state index < -0.39 is 0 Å². The molecule has 2 aromatic rings. The van der Waals surface area contributed by atoms with Crippen LogP contribution in [0.1, 0.15) is 48.2 Å². The van der Waals surface area contributed by atoms with Gasteiger partial charge >= 0.3 is 0 Å². The van der Waals surface area contributed by atoms with Crippen molar-refractivity contribution in [3.05, 3.63) is 55.7 Å². The zero-order chi connectivity index (χ0) is 14.7. The van der Waals surface area contributed by atoms with E-state index in [1.54, 1.807) is 0 Å². The van der Waals surface area contributed by atoms with Crippen LogP contribution in [-0.2, 0) is 6.42 Å². The molecule has 4 heteroatoms. The van der Waals surface area contributed by atoms with Gasteiger partial charge in [0, 0.05) is 21.8 Å². The van der Waals surface area contributed by atoms with Crippen molar-refractivity contribution in [2.24, 2.45) is 0 Å². The minimum atomic E-state index is 0.229. The highest BCUT2D eigenvalue weighted by Gasteiger charge is 2.13. The van der Waals surface area contributed by atoms with Crippen molar-refractivity contribution in [2.75, 3.05) is 0 Å². The molecule has 0 spiro atoms. The summed E-state index contributed by atoms with van der Waals surface area (Å²) in [5, 5.41) is 4.81. The van der Waals surface area contributed by atoms with Gasteiger partial charge in [-0.2, -0.15) is 0 Å². The van der Waals surface area contributed by atoms with E-state index in [0.29, 0.717) is 16.1 Å². The first kappa shape index (κ1) is 15.8. The maximum absolute atomic E-state index is 6.08. The van der Waals surface area contributed by atoms with Crippen LogP contribution in [0.2, 0.25) is 10.0 Å². The highest BCUT2D eigenvalue weighted by molar-refractivity contribution is 7.12. The molecule has 1 N–H and O–H groups in total. The summed E-state index contributed by atoms with van der Waals surface area (Å²) in [6.07, 6.45) is 1.10. The molecule has 0 aliphatic rings. The van der Waals surface area contributed by atoms with Crippen LogP contribution in [0.25, 0.3) is 0 Å². The van der Waals surface area contributed by atoms with Gasteiger partial charge in [-0.1, -0.05) is 36.2 Å². The summed E-state index contributed by atoms with van der Waals surface area (Å²) in [4.78, 5) is 2.80. The Balaban J connectivity index is 2.06. The SMILES string of the molecule is CCc1ccc(C(C)NC(C)c2ccc(Cl)c(Cl)c2)s1. The summed E-state index contributed by atoms with van der Waals surface area (Å²) in [5.74, 6) is 0. The van der Waals surface area contributed by atoms with Crippen LogP contribution in [0.15, 0.2) is 30.3 Å². The molecule has 0 bridgehead atoms. The third-order valence-corrected chi connectivity index (χ3v) is 5.55. The van der Waals surface area contributed by atoms with Crippen LogP contribution in [0.5, 0.6) is 0 Å². The van der Waals surface area contributed by atoms with E-state index in [2.05, 4.69) is 38.2 Å². The molecular formula is C16H19Cl2NS. The van der Waals surface area contributed by atoms with Crippen molar-refractivity contribution < 1.29 is 0 Å². The molecule has 0 saturated carbocycles. The molecule has 0 fully saturated rings. The average Bonchev–Trinajstić information content (AvgIpc) is 2.90. The molecule has 108 valence electrons. The summed E-state index contributed by atoms with van der Waals surface area (Å²) in [5.41, 5.74) is 1.15. The summed E-state index contributed by atoms with van der Waals surface area (Å²) in [6.45, 7) is 6.52. The van der Waals surface area contributed by atoms with Gasteiger partial charge in [-0.05, 0) is 50.1 Å². The van der Waals surface area contributed by atoms with E-state index in [9.17, 15) is 0 Å². The van der Waals surface area contributed by atoms with Crippen LogP contribution in [0.3, 0.4) is 0 Å². The molecule has 2 rings (SSSR count). The zero-order valence-electron chi connectivity index (χ0n) is 11.9. The van der Waals surface area contributed by atoms with E-state index >= 15 is 0 Å². The highest BCUT2D eigenvalue weighted by Crippen LogP contribution is 2.28. The Morgan fingerprint density at radius 3 is 2.40 bits per heavy atom. The number of aryl methyl sites for hydroxylation is 1. The molecule has 2 unspecified atom stereocenters. The van der Waals surface area contributed by atoms with Crippen molar-refractivity contribution in [3.63, 3.8) is 0 Å². The number of thiophene rings is 1. The Labute approximate surface area is 134 Å². The number of halogens is 2. The van der Waals surface area contributed by atoms with Crippen LogP contribution in [-0.4, -0.2) is 0 Å². The molecule has 1 aromatic heterocycles. The first-order chi connectivity index (χ1) is 9.51. The Hall–Kier alpha value is -0.540. The average molecular weight is 328 g/mol. The maximum atomic E-state index is 6.08. The molecule has 0 aliphatic carbocycles. The number of rotatable bonds is 5. The number of benzene rings is 1. The highest BCUT2D eigenvalue weighted by atomic mass is 35.5. The van der Waals surface area contributed by atoms with Gasteiger partial charge in [-0.25, -0.2) is 0 Å². The van der Waals surface area contributed by atoms with Gasteiger partial charge in [0.05, 0.1) is 10.0 Å². The topological polar surface area (TPSA) is 12.0 Å². The summed E-state index contributed by atoms with van der Waals surface area (Å²) >= 11 is 13.9. The Morgan fingerprint density at radius 2 is 1.80 bits per heavy atom. The van der Waals surface area contributed by atoms with Gasteiger partial charge in [0.2, 0.25) is 0 Å². The molecule has 0 radical (unpaired) electrons. The molecule has 1 heterocycles. The second-order valence-corrected chi connectivity index (χ2v) is 6.96. The largest absolute Gasteiger partial charge is 0.303 e. The minimum Gasteiger partial charge on any atom is -0.303 e. The summed E-state index contributed by atoms with van der Waals surface area (Å²) in [7, 11) is 0. The fourth-order valence-corrected chi connectivity index (χ4v) is 3.42. The van der Waals surface area contributed by atoms with E-state index in [1.807, 2.05) is 29.5 Å². The summed E-state index contributed by atoms with van der Waals surface area (Å²) in [6, 6.07) is 10.8. The van der Waals surface area contributed by atoms with Crippen LogP contribution in [0, 0.1) is 0 Å². The molecule has 20 heavy (non-hydrogen) atoms. The van der Waals surface area contributed by atoms with Crippen molar-refractivity contribution in [2.45, 2.75) is 39.3 Å². The lowest BCUT2D eigenvalue weighted by atomic mass is 10.1. The predicted molar refractivity (Wildman–Crippen MR) is 90.1 cm³/mol. The lowest BCUT2D eigenvalue weighted by Crippen LogP contribution is -2.21. The van der Waals surface area contributed by atoms with Gasteiger partial charge in [0.15, 0.2) is 0 Å². The second kappa shape index (κ2) is 6.95. The molecule has 1 nitrogen and oxygen atoms in total. The Kier molecular flexibility index (Phi) is 5.50. The fraction of sp³-hybridized carbons (Fsp3) is 0.375. The van der Waals surface area contributed by atoms with Crippen LogP contribution >= 0.6 is 34.5 Å². The van der Waals surface area contributed by atoms with Gasteiger partial charge in [-0.3, -0.25) is 0 Å². The monoisotopic (exact) mass is 327 g/mol. The van der Waals surface area contributed by atoms with E-state index in [-0.39, 0.29) is 6.04 Å². The lowest BCUT2D eigenvalue weighted by molar-refractivity contribution is 0.500. The smallest absolute Gasteiger partial charge is 0.0595 e. The van der Waals surface area contributed by atoms with Crippen molar-refractivity contribution >= 4 is 34.5 Å². The Morgan fingerprint density at radius 1 is 1.05 bits per heavy atom. The summed E-state index contributed by atoms with van der Waals surface area (Å²) < 4.78 is 0. The van der Waals surface area contributed by atoms with Gasteiger partial charge in [-0.15, -0.1) is 11.3 Å². The first-order valence-electron chi connectivity index (χ1n) is 6.80. The van der Waals surface area contributed by atoms with E-state index in [1.165, 1.54) is 9.75 Å². The molecule has 0 saturated heterocycles. The van der Waals surface area contributed by atoms with E-state index in [0.717, 1.165) is 12.0 Å². The third-order valence-electron chi connectivity index (χ3n) is 3.40. The zero-order valence-corrected chi connectivity index (χ0v) is 14.2. The molecule has 0 amide bonds. The number of hydrogen-bond acceptors (Lipinski definition) is 2. The number of hydrogen-bond donors (Lipinski definition) is 1. The van der Waals surface area contributed by atoms with Crippen molar-refractivity contribution in [3.8, 4) is 0 Å². The molecule has 0 aliphatic heterocycles. The first-order valence-corrected chi connectivity index (χ1v) is 8.38. The van der Waals surface area contributed by atoms with E-state index in [4.69, 9.17) is 23.2 Å². The normalized spacial score (nSPS) is 14.2. The third kappa shape index (κ3) is 3.76. The number of nitrogens with one attached hydrogen (secondary N) is 1. The quantitative estimate of drug-likeness (QED) is 0.706.